The maximum absolute atomic E-state index is 8.57. The Balaban J connectivity index is 0.000000358. The van der Waals surface area contributed by atoms with E-state index in [0.29, 0.717) is 5.56 Å². The molecule has 1 radical (unpaired) electrons. The first-order valence-electron chi connectivity index (χ1n) is 18.5. The van der Waals surface area contributed by atoms with Crippen molar-refractivity contribution in [1.29, 1.82) is 0 Å². The number of pyridine rings is 2. The Bertz CT molecular complexity index is 1890. The van der Waals surface area contributed by atoms with Crippen molar-refractivity contribution in [3.05, 3.63) is 138 Å². The number of rotatable bonds is 5. The van der Waals surface area contributed by atoms with Gasteiger partial charge in [0.1, 0.15) is 0 Å². The van der Waals surface area contributed by atoms with Crippen LogP contribution in [0, 0.1) is 12.1 Å². The molecule has 5 aromatic rings. The molecule has 0 aliphatic heterocycles. The van der Waals surface area contributed by atoms with E-state index in [2.05, 4.69) is 53.9 Å². The van der Waals surface area contributed by atoms with Crippen molar-refractivity contribution in [3.63, 3.8) is 0 Å². The van der Waals surface area contributed by atoms with Gasteiger partial charge in [0.25, 0.3) is 0 Å². The van der Waals surface area contributed by atoms with Gasteiger partial charge in [-0.05, 0) is 45.6 Å². The van der Waals surface area contributed by atoms with E-state index in [9.17, 15) is 0 Å². The van der Waals surface area contributed by atoms with Crippen LogP contribution >= 0.6 is 0 Å². The van der Waals surface area contributed by atoms with Crippen LogP contribution in [0.25, 0.3) is 22.5 Å². The van der Waals surface area contributed by atoms with E-state index < -0.39 is 52.2 Å². The van der Waals surface area contributed by atoms with Crippen molar-refractivity contribution in [2.24, 2.45) is 0 Å². The average Bonchev–Trinajstić information content (AvgIpc) is 3.03. The van der Waals surface area contributed by atoms with E-state index in [1.54, 1.807) is 30.3 Å². The number of benzene rings is 3. The van der Waals surface area contributed by atoms with Crippen molar-refractivity contribution < 1.29 is 36.6 Å². The molecule has 0 bridgehead atoms. The van der Waals surface area contributed by atoms with Crippen molar-refractivity contribution in [2.45, 2.75) is 52.0 Å². The molecule has 0 aliphatic carbocycles. The Morgan fingerprint density at radius 2 is 1.52 bits per heavy atom. The predicted octanol–water partition coefficient (Wildman–Crippen LogP) is 8.53. The number of aromatic nitrogens is 2. The minimum atomic E-state index is -3.48. The Hall–Kier alpha value is -3.17. The summed E-state index contributed by atoms with van der Waals surface area (Å²) in [5, 5.41) is 1.40. The SMILES string of the molecule is C[Si](C)(C)c1ccc(-c2[c-]cccc2)nc1.[2H]c1cc(C(C([2H])([2H])[2H])(C([2H])([2H])[2H])C([2H])([2H])[2H])cc(-c2[c-]ccc(C([2H])([2H])c3ccccc3)c2)n1.[Ir]. The van der Waals surface area contributed by atoms with E-state index in [-0.39, 0.29) is 36.9 Å². The van der Waals surface area contributed by atoms with E-state index in [4.69, 9.17) is 16.4 Å². The van der Waals surface area contributed by atoms with Gasteiger partial charge in [-0.3, -0.25) is 0 Å². The van der Waals surface area contributed by atoms with Gasteiger partial charge in [-0.15, -0.1) is 71.3 Å². The third kappa shape index (κ3) is 8.92. The average molecular weight is 731 g/mol. The van der Waals surface area contributed by atoms with Crippen molar-refractivity contribution >= 4 is 13.3 Å². The molecular weight excluding hydrogens is 681 g/mol. The second kappa shape index (κ2) is 13.9. The molecule has 0 saturated carbocycles. The molecule has 3 aromatic carbocycles. The summed E-state index contributed by atoms with van der Waals surface area (Å²) in [5.74, 6) is 0. The van der Waals surface area contributed by atoms with Gasteiger partial charge in [-0.1, -0.05) is 88.7 Å². The van der Waals surface area contributed by atoms with Crippen LogP contribution in [-0.4, -0.2) is 18.0 Å². The fourth-order valence-corrected chi connectivity index (χ4v) is 4.71. The van der Waals surface area contributed by atoms with E-state index >= 15 is 0 Å². The summed E-state index contributed by atoms with van der Waals surface area (Å²) in [6.07, 6.45) is -0.446. The maximum Gasteiger partial charge on any atom is 0.0830 e. The molecule has 2 aromatic heterocycles. The van der Waals surface area contributed by atoms with Crippen LogP contribution in [0.4, 0.5) is 0 Å². The first kappa shape index (κ1) is 18.3. The van der Waals surface area contributed by atoms with Gasteiger partial charge in [0.15, 0.2) is 0 Å². The van der Waals surface area contributed by atoms with E-state index in [0.717, 1.165) is 23.4 Å². The van der Waals surface area contributed by atoms with Crippen LogP contribution in [-0.2, 0) is 31.9 Å². The topological polar surface area (TPSA) is 25.8 Å². The molecule has 40 heavy (non-hydrogen) atoms. The molecule has 0 atom stereocenters. The number of hydrogen-bond acceptors (Lipinski definition) is 2. The summed E-state index contributed by atoms with van der Waals surface area (Å²) in [4.78, 5) is 8.54. The molecule has 0 saturated heterocycles. The second-order valence-electron chi connectivity index (χ2n) is 10.1. The monoisotopic (exact) mass is 731 g/mol. The summed E-state index contributed by atoms with van der Waals surface area (Å²) in [7, 11) is -1.23. The smallest absolute Gasteiger partial charge is 0.0830 e. The van der Waals surface area contributed by atoms with Crippen LogP contribution in [0.5, 0.6) is 0 Å². The van der Waals surface area contributed by atoms with Gasteiger partial charge in [0.05, 0.1) is 9.44 Å². The summed E-state index contributed by atoms with van der Waals surface area (Å²) in [6, 6.07) is 32.8. The van der Waals surface area contributed by atoms with Gasteiger partial charge >= 0.3 is 0 Å². The first-order valence-corrected chi connectivity index (χ1v) is 16.0. The molecule has 0 aliphatic rings. The number of nitrogens with zero attached hydrogens (tertiary/aromatic N) is 2. The quantitative estimate of drug-likeness (QED) is 0.134. The van der Waals surface area contributed by atoms with Crippen molar-refractivity contribution in [3.8, 4) is 22.5 Å². The zero-order valence-electron chi connectivity index (χ0n) is 34.5. The zero-order valence-corrected chi connectivity index (χ0v) is 25.9. The molecule has 5 rings (SSSR count). The first-order chi connectivity index (χ1) is 23.5. The molecule has 2 nitrogen and oxygen atoms in total. The Morgan fingerprint density at radius 1 is 0.775 bits per heavy atom. The standard InChI is InChI=1S/C22H22N.C14H16NSi.Ir/c1-22(2,3)20-12-13-23-21(16-20)19-11-7-10-18(15-19)14-17-8-5-4-6-9-17;1-16(2,3)13-9-10-14(15-11-13)12-7-5-4-6-8-12;/h4-10,12-13,15-16H,14H2,1-3H3;4-7,9-11H,1-3H3;/q2*-1;/i1D3,2D3,3D3,13D,14D2;;. The molecule has 0 fully saturated rings. The third-order valence-electron chi connectivity index (χ3n) is 5.88. The van der Waals surface area contributed by atoms with Crippen LogP contribution in [0.3, 0.4) is 0 Å². The molecule has 0 unspecified atom stereocenters. The fourth-order valence-electron chi connectivity index (χ4n) is 3.68. The molecule has 4 heteroatoms. The summed E-state index contributed by atoms with van der Waals surface area (Å²) in [6.45, 7) is -3.45. The van der Waals surface area contributed by atoms with Crippen LogP contribution in [0.15, 0.2) is 109 Å². The maximum atomic E-state index is 8.57. The largest absolute Gasteiger partial charge is 0.305 e. The van der Waals surface area contributed by atoms with Gasteiger partial charge in [0.2, 0.25) is 0 Å². The van der Waals surface area contributed by atoms with Gasteiger partial charge < -0.3 is 9.97 Å². The molecule has 2 heterocycles. The van der Waals surface area contributed by atoms with Crippen LogP contribution in [0.2, 0.25) is 19.6 Å². The Labute approximate surface area is 272 Å². The summed E-state index contributed by atoms with van der Waals surface area (Å²) >= 11 is 0. The molecular formula is C36H38IrN2Si-2. The normalized spacial score (nSPS) is 16.9. The molecule has 0 N–H and O–H groups in total. The van der Waals surface area contributed by atoms with Gasteiger partial charge in [0, 0.05) is 47.6 Å². The van der Waals surface area contributed by atoms with Crippen LogP contribution < -0.4 is 5.19 Å². The Kier molecular flexibility index (Phi) is 6.38. The van der Waals surface area contributed by atoms with Gasteiger partial charge in [-0.2, -0.15) is 0 Å². The van der Waals surface area contributed by atoms with Crippen LogP contribution in [0.1, 0.15) is 53.7 Å². The third-order valence-corrected chi connectivity index (χ3v) is 7.91. The molecule has 207 valence electrons. The predicted molar refractivity (Wildman–Crippen MR) is 168 cm³/mol. The minimum absolute atomic E-state index is 0. The number of hydrogen-bond donors (Lipinski definition) is 0. The van der Waals surface area contributed by atoms with E-state index in [1.165, 1.54) is 23.4 Å². The summed E-state index contributed by atoms with van der Waals surface area (Å²) in [5.41, 5.74) is -1.18. The Morgan fingerprint density at radius 3 is 2.17 bits per heavy atom. The van der Waals surface area contributed by atoms with Crippen molar-refractivity contribution in [1.82, 2.24) is 9.97 Å². The molecule has 0 amide bonds. The second-order valence-corrected chi connectivity index (χ2v) is 15.1. The van der Waals surface area contributed by atoms with Gasteiger partial charge in [-0.25, -0.2) is 0 Å². The summed E-state index contributed by atoms with van der Waals surface area (Å²) < 4.78 is 96.5. The zero-order chi connectivity index (χ0) is 38.0. The fraction of sp³-hybridized carbons (Fsp3) is 0.222. The van der Waals surface area contributed by atoms with Crippen molar-refractivity contribution in [2.75, 3.05) is 0 Å². The minimum Gasteiger partial charge on any atom is -0.305 e. The molecule has 0 spiro atoms. The van der Waals surface area contributed by atoms with E-state index in [1.807, 2.05) is 30.5 Å².